The van der Waals surface area contributed by atoms with Crippen molar-refractivity contribution in [3.05, 3.63) is 162 Å². The Kier molecular flexibility index (Phi) is 22.9. The molecule has 0 spiro atoms. The van der Waals surface area contributed by atoms with E-state index in [4.69, 9.17) is 29.8 Å². The number of likely N-dealkylation sites (N-methyl/N-ethyl adjacent to an activating group) is 3. The number of amides is 5. The van der Waals surface area contributed by atoms with Crippen LogP contribution in [0.5, 0.6) is 17.5 Å². The Morgan fingerprint density at radius 1 is 0.612 bits per heavy atom. The summed E-state index contributed by atoms with van der Waals surface area (Å²) >= 11 is 0. The molecule has 5 amide bonds. The molecule has 7 aromatic rings. The fourth-order valence-electron chi connectivity index (χ4n) is 8.33. The molecule has 452 valence electrons. The van der Waals surface area contributed by atoms with Crippen molar-refractivity contribution in [3.63, 3.8) is 0 Å². The van der Waals surface area contributed by atoms with E-state index in [-0.39, 0.29) is 48.4 Å². The Morgan fingerprint density at radius 2 is 1.06 bits per heavy atom. The van der Waals surface area contributed by atoms with Crippen LogP contribution >= 0.6 is 24.8 Å². The number of rotatable bonds is 8. The van der Waals surface area contributed by atoms with Crippen molar-refractivity contribution in [2.75, 3.05) is 35.8 Å². The van der Waals surface area contributed by atoms with Gasteiger partial charge in [0.2, 0.25) is 23.4 Å². The molecule has 0 aliphatic carbocycles. The van der Waals surface area contributed by atoms with Gasteiger partial charge >= 0.3 is 12.1 Å². The number of benzene rings is 2. The van der Waals surface area contributed by atoms with Crippen LogP contribution in [0.15, 0.2) is 128 Å². The maximum Gasteiger partial charge on any atom is 0.408 e. The smallest absolute Gasteiger partial charge is 0.408 e. The lowest BCUT2D eigenvalue weighted by atomic mass is 10.1. The molecule has 5 aromatic heterocycles. The van der Waals surface area contributed by atoms with Gasteiger partial charge in [-0.05, 0) is 89.1 Å². The molecule has 2 aromatic carbocycles. The van der Waals surface area contributed by atoms with Crippen LogP contribution in [0.25, 0.3) is 0 Å². The standard InChI is InChI=1S/C21H20FN5O3.C15H21N3O4.C11H9FN2O2.C10H13N3O2.2ClH/c1-13-17(21(29)26(2)19-16(30-13)9-6-10-23-19)24-20(28)18-15(22)12-27(25-18)11-14-7-4-3-5-8-14;1-9-11(17-14(20)22-15(2,3)4)13(19)18(5)10-7-6-8-16-12(10)21-9;12-9-7-14(13-10(9)11(15)16)6-8-4-2-1-3-5-8;1-6-8(11)10(14)13(2)7-4-3-5-12-9(7)15-6;;/h3-10,12-13,17H,11H2,1-2H3,(H,24,28);6-9,11H,1-5H3,(H,17,20);1-5,7H,6H2,(H,15,16);3-6,8H,11H2,1-2H3;2*1H/t13-,17+;9-,11+;;6-,8+;;/m11.1../s1. The van der Waals surface area contributed by atoms with Gasteiger partial charge < -0.3 is 50.2 Å². The molecule has 0 saturated heterocycles. The molecule has 0 bridgehead atoms. The Hall–Kier alpha value is -9.27. The molecule has 3 aliphatic rings. The number of carboxylic acid groups (broad SMARTS) is 1. The number of aromatic nitrogens is 7. The number of hydrogen-bond donors (Lipinski definition) is 4. The van der Waals surface area contributed by atoms with Gasteiger partial charge in [-0.2, -0.15) is 10.2 Å². The van der Waals surface area contributed by atoms with Crippen molar-refractivity contribution in [1.82, 2.24) is 45.1 Å². The van der Waals surface area contributed by atoms with Crippen LogP contribution < -0.4 is 45.3 Å². The first-order valence-electron chi connectivity index (χ1n) is 25.9. The van der Waals surface area contributed by atoms with E-state index in [0.717, 1.165) is 23.5 Å². The molecule has 85 heavy (non-hydrogen) atoms. The van der Waals surface area contributed by atoms with E-state index in [1.165, 1.54) is 24.1 Å². The van der Waals surface area contributed by atoms with Crippen molar-refractivity contribution < 1.29 is 61.6 Å². The molecule has 28 heteroatoms. The minimum atomic E-state index is -1.36. The van der Waals surface area contributed by atoms with Gasteiger partial charge in [-0.1, -0.05) is 60.7 Å². The number of nitrogens with two attached hydrogens (primary N) is 1. The van der Waals surface area contributed by atoms with Gasteiger partial charge in [-0.25, -0.2) is 33.3 Å². The topological polar surface area (TPSA) is 294 Å². The van der Waals surface area contributed by atoms with E-state index < -0.39 is 77.1 Å². The Balaban J connectivity index is 0.000000214. The summed E-state index contributed by atoms with van der Waals surface area (Å²) in [6.45, 7) is 11.1. The largest absolute Gasteiger partial charge is 0.484 e. The number of alkyl carbamates (subject to hydrolysis) is 1. The molecule has 8 heterocycles. The highest BCUT2D eigenvalue weighted by Gasteiger charge is 2.39. The second kappa shape index (κ2) is 29.3. The Morgan fingerprint density at radius 3 is 1.58 bits per heavy atom. The minimum Gasteiger partial charge on any atom is -0.484 e. The van der Waals surface area contributed by atoms with Crippen molar-refractivity contribution in [1.29, 1.82) is 0 Å². The Bertz CT molecular complexity index is 3450. The average molecular weight is 1220 g/mol. The van der Waals surface area contributed by atoms with E-state index in [2.05, 4.69) is 35.8 Å². The lowest BCUT2D eigenvalue weighted by molar-refractivity contribution is -0.122. The number of carboxylic acids is 1. The van der Waals surface area contributed by atoms with E-state index in [1.807, 2.05) is 60.7 Å². The quantitative estimate of drug-likeness (QED) is 0.126. The number of halogens is 4. The fourth-order valence-corrected chi connectivity index (χ4v) is 8.33. The van der Waals surface area contributed by atoms with Crippen LogP contribution in [0.1, 0.15) is 73.6 Å². The zero-order valence-electron chi connectivity index (χ0n) is 47.7. The normalized spacial score (nSPS) is 18.5. The van der Waals surface area contributed by atoms with Gasteiger partial charge in [-0.3, -0.25) is 33.4 Å². The summed E-state index contributed by atoms with van der Waals surface area (Å²) in [6, 6.07) is 26.5. The fraction of sp³-hybridized carbons (Fsp3) is 0.316. The third kappa shape index (κ3) is 16.9. The molecular formula is C57H65Cl2F2N13O11. The highest BCUT2D eigenvalue weighted by molar-refractivity contribution is 6.03. The number of hydrogen-bond acceptors (Lipinski definition) is 16. The summed E-state index contributed by atoms with van der Waals surface area (Å²) in [5, 5.41) is 21.5. The van der Waals surface area contributed by atoms with E-state index in [0.29, 0.717) is 47.8 Å². The first-order valence-corrected chi connectivity index (χ1v) is 25.9. The number of fused-ring (bicyclic) bond motifs is 3. The first kappa shape index (κ1) is 66.5. The number of carbonyl (C=O) groups excluding carboxylic acids is 5. The van der Waals surface area contributed by atoms with Gasteiger partial charge in [0, 0.05) is 39.7 Å². The molecule has 6 atom stereocenters. The van der Waals surface area contributed by atoms with E-state index in [1.54, 1.807) is 118 Å². The molecule has 3 aliphatic heterocycles. The predicted molar refractivity (Wildman–Crippen MR) is 313 cm³/mol. The molecule has 0 saturated carbocycles. The monoisotopic (exact) mass is 1220 g/mol. The van der Waals surface area contributed by atoms with Gasteiger partial charge in [-0.15, -0.1) is 24.8 Å². The molecule has 10 rings (SSSR count). The number of carbonyl (C=O) groups is 6. The maximum absolute atomic E-state index is 14.4. The number of pyridine rings is 3. The lowest BCUT2D eigenvalue weighted by Crippen LogP contribution is -2.54. The van der Waals surface area contributed by atoms with Crippen molar-refractivity contribution in [2.24, 2.45) is 5.73 Å². The highest BCUT2D eigenvalue weighted by Crippen LogP contribution is 2.32. The molecule has 0 radical (unpaired) electrons. The van der Waals surface area contributed by atoms with Crippen LogP contribution in [-0.4, -0.2) is 138 Å². The van der Waals surface area contributed by atoms with E-state index >= 15 is 0 Å². The van der Waals surface area contributed by atoms with Crippen LogP contribution in [-0.2, 0) is 32.2 Å². The van der Waals surface area contributed by atoms with Gasteiger partial charge in [0.1, 0.15) is 53.4 Å². The number of nitrogens with zero attached hydrogens (tertiary/aromatic N) is 10. The van der Waals surface area contributed by atoms with Crippen molar-refractivity contribution in [3.8, 4) is 17.5 Å². The van der Waals surface area contributed by atoms with Crippen LogP contribution in [0.4, 0.5) is 30.8 Å². The third-order valence-electron chi connectivity index (χ3n) is 12.6. The maximum atomic E-state index is 14.4. The minimum absolute atomic E-state index is 0. The first-order chi connectivity index (χ1) is 39.4. The summed E-state index contributed by atoms with van der Waals surface area (Å²) in [5.41, 5.74) is 7.25. The zero-order valence-corrected chi connectivity index (χ0v) is 49.3. The highest BCUT2D eigenvalue weighted by atomic mass is 35.5. The number of ether oxygens (including phenoxy) is 4. The summed E-state index contributed by atoms with van der Waals surface area (Å²) in [5.74, 6) is -3.00. The summed E-state index contributed by atoms with van der Waals surface area (Å²) in [4.78, 5) is 89.1. The number of anilines is 3. The van der Waals surface area contributed by atoms with Crippen molar-refractivity contribution in [2.45, 2.75) is 96.7 Å². The van der Waals surface area contributed by atoms with Gasteiger partial charge in [0.25, 0.3) is 17.7 Å². The second-order valence-electron chi connectivity index (χ2n) is 20.1. The zero-order chi connectivity index (χ0) is 60.3. The molecule has 24 nitrogen and oxygen atoms in total. The summed E-state index contributed by atoms with van der Waals surface area (Å²) in [6.07, 6.45) is 4.71. The molecule has 0 unspecified atom stereocenters. The summed E-state index contributed by atoms with van der Waals surface area (Å²) in [7, 11) is 4.84. The van der Waals surface area contributed by atoms with Crippen LogP contribution in [0.3, 0.4) is 0 Å². The average Bonchev–Trinajstić information content (AvgIpc) is 4.06. The molecule has 0 fully saturated rings. The predicted octanol–water partition coefficient (Wildman–Crippen LogP) is 6.49. The molecule has 5 N–H and O–H groups in total. The lowest BCUT2D eigenvalue weighted by Gasteiger charge is -2.26. The summed E-state index contributed by atoms with van der Waals surface area (Å²) < 4.78 is 52.3. The SMILES string of the molecule is C[C@H]1Oc2cccnc2N(C)C(=O)[C@H]1NC(=O)c1nn(Cc2ccccc2)cc1F.C[C@H]1Oc2ncccc2N(C)C(=O)[C@H]1N.C[C@H]1Oc2ncccc2N(C)C(=O)[C@H]1NC(=O)OC(C)(C)C.Cl.Cl.O=C(O)c1nn(Cc2ccccc2)cc1F. The van der Waals surface area contributed by atoms with Gasteiger partial charge in [0.05, 0.1) is 25.5 Å². The van der Waals surface area contributed by atoms with Crippen LogP contribution in [0, 0.1) is 11.6 Å². The molecular weight excluding hydrogens is 1150 g/mol. The number of nitrogens with one attached hydrogen (secondary N) is 2. The van der Waals surface area contributed by atoms with Gasteiger partial charge in [0.15, 0.2) is 28.9 Å². The van der Waals surface area contributed by atoms with E-state index in [9.17, 15) is 37.5 Å². The third-order valence-corrected chi connectivity index (χ3v) is 12.6. The van der Waals surface area contributed by atoms with Crippen LogP contribution in [0.2, 0.25) is 0 Å². The second-order valence-corrected chi connectivity index (χ2v) is 20.1. The Labute approximate surface area is 500 Å². The van der Waals surface area contributed by atoms with Crippen molar-refractivity contribution >= 4 is 77.7 Å². The number of aromatic carboxylic acids is 1.